The highest BCUT2D eigenvalue weighted by Gasteiger charge is 2.31. The maximum Gasteiger partial charge on any atom is 0.417 e. The minimum atomic E-state index is -4.52. The predicted octanol–water partition coefficient (Wildman–Crippen LogP) is 1.59. The summed E-state index contributed by atoms with van der Waals surface area (Å²) in [5.74, 6) is 3.16. The van der Waals surface area contributed by atoms with Crippen LogP contribution in [0.25, 0.3) is 0 Å². The third kappa shape index (κ3) is 3.14. The zero-order valence-electron chi connectivity index (χ0n) is 7.60. The molecule has 1 amide bonds. The molecule has 2 N–H and O–H groups in total. The van der Waals surface area contributed by atoms with Gasteiger partial charge in [0, 0.05) is 12.1 Å². The summed E-state index contributed by atoms with van der Waals surface area (Å²) >= 11 is 5.50. The van der Waals surface area contributed by atoms with Gasteiger partial charge in [0.2, 0.25) is 0 Å². The lowest BCUT2D eigenvalue weighted by Crippen LogP contribution is -2.07. The molecule has 0 aliphatic rings. The Kier molecular flexibility index (Phi) is 3.40. The third-order valence-electron chi connectivity index (χ3n) is 1.47. The molecule has 0 saturated heterocycles. The fourth-order valence-electron chi connectivity index (χ4n) is 0.806. The number of amides is 1. The molecule has 0 spiro atoms. The minimum Gasteiger partial charge on any atom is -0.359 e. The second-order valence-electron chi connectivity index (χ2n) is 2.67. The number of nitrogens with zero attached hydrogens (tertiary/aromatic N) is 1. The van der Waals surface area contributed by atoms with Crippen molar-refractivity contribution in [3.05, 3.63) is 28.5 Å². The van der Waals surface area contributed by atoms with Gasteiger partial charge in [-0.1, -0.05) is 11.6 Å². The first-order chi connectivity index (χ1) is 7.30. The summed E-state index contributed by atoms with van der Waals surface area (Å²) in [5.41, 5.74) is 3.61. The lowest BCUT2D eigenvalue weighted by atomic mass is 10.2. The van der Waals surface area contributed by atoms with E-state index < -0.39 is 17.6 Å². The van der Waals surface area contributed by atoms with Gasteiger partial charge in [-0.2, -0.15) is 13.2 Å². The second kappa shape index (κ2) is 4.41. The summed E-state index contributed by atoms with van der Waals surface area (Å²) < 4.78 is 36.6. The van der Waals surface area contributed by atoms with Crippen molar-refractivity contribution in [2.24, 2.45) is 5.73 Å². The smallest absolute Gasteiger partial charge is 0.359 e. The number of halogens is 4. The van der Waals surface area contributed by atoms with E-state index in [1.54, 1.807) is 0 Å². The average Bonchev–Trinajstić information content (AvgIpc) is 2.14. The number of primary amides is 1. The molecule has 7 heteroatoms. The third-order valence-corrected chi connectivity index (χ3v) is 1.76. The number of pyridine rings is 1. The van der Waals surface area contributed by atoms with Crippen LogP contribution < -0.4 is 5.73 Å². The molecule has 0 unspecified atom stereocenters. The van der Waals surface area contributed by atoms with E-state index in [1.165, 1.54) is 0 Å². The number of hydrogen-bond donors (Lipinski definition) is 1. The summed E-state index contributed by atoms with van der Waals surface area (Å²) in [6.45, 7) is 0. The largest absolute Gasteiger partial charge is 0.417 e. The molecule has 84 valence electrons. The van der Waals surface area contributed by atoms with Gasteiger partial charge >= 0.3 is 6.18 Å². The summed E-state index contributed by atoms with van der Waals surface area (Å²) in [4.78, 5) is 13.7. The lowest BCUT2D eigenvalue weighted by Gasteiger charge is -2.06. The second-order valence-corrected chi connectivity index (χ2v) is 3.07. The first kappa shape index (κ1) is 12.3. The molecule has 0 fully saturated rings. The highest BCUT2D eigenvalue weighted by molar-refractivity contribution is 6.31. The van der Waals surface area contributed by atoms with Crippen LogP contribution in [0.5, 0.6) is 0 Å². The summed E-state index contributed by atoms with van der Waals surface area (Å²) in [7, 11) is 0. The van der Waals surface area contributed by atoms with Crippen LogP contribution in [-0.4, -0.2) is 10.9 Å². The topological polar surface area (TPSA) is 56.0 Å². The highest BCUT2D eigenvalue weighted by Crippen LogP contribution is 2.30. The average molecular weight is 249 g/mol. The quantitative estimate of drug-likeness (QED) is 0.709. The van der Waals surface area contributed by atoms with E-state index in [9.17, 15) is 18.0 Å². The van der Waals surface area contributed by atoms with E-state index in [0.717, 1.165) is 0 Å². The number of carbonyl (C=O) groups excluding carboxylic acids is 1. The van der Waals surface area contributed by atoms with Crippen molar-refractivity contribution >= 4 is 17.5 Å². The van der Waals surface area contributed by atoms with Crippen molar-refractivity contribution in [3.8, 4) is 11.8 Å². The number of alkyl halides is 3. The zero-order valence-corrected chi connectivity index (χ0v) is 8.36. The van der Waals surface area contributed by atoms with Gasteiger partial charge in [-0.15, -0.1) is 0 Å². The first-order valence-corrected chi connectivity index (χ1v) is 4.22. The Morgan fingerprint density at radius 3 is 2.56 bits per heavy atom. The molecule has 0 saturated carbocycles. The number of nitrogens with two attached hydrogens (primary N) is 1. The molecule has 0 atom stereocenters. The lowest BCUT2D eigenvalue weighted by molar-refractivity contribution is -0.137. The van der Waals surface area contributed by atoms with Gasteiger partial charge in [0.25, 0.3) is 5.91 Å². The first-order valence-electron chi connectivity index (χ1n) is 3.85. The number of hydrogen-bond acceptors (Lipinski definition) is 2. The van der Waals surface area contributed by atoms with Crippen LogP contribution in [-0.2, 0) is 11.0 Å². The van der Waals surface area contributed by atoms with Crippen LogP contribution in [0.2, 0.25) is 5.02 Å². The van der Waals surface area contributed by atoms with Crippen molar-refractivity contribution in [1.82, 2.24) is 4.98 Å². The van der Waals surface area contributed by atoms with Crippen molar-refractivity contribution in [1.29, 1.82) is 0 Å². The van der Waals surface area contributed by atoms with E-state index in [0.29, 0.717) is 12.3 Å². The van der Waals surface area contributed by atoms with Gasteiger partial charge in [0.1, 0.15) is 5.69 Å². The molecule has 0 aliphatic heterocycles. The maximum absolute atomic E-state index is 12.2. The van der Waals surface area contributed by atoms with Crippen molar-refractivity contribution in [2.75, 3.05) is 0 Å². The molecule has 0 aromatic carbocycles. The molecule has 1 aromatic heterocycles. The Balaban J connectivity index is 3.12. The molecular weight excluding hydrogens is 245 g/mol. The van der Waals surface area contributed by atoms with Crippen LogP contribution in [0.3, 0.4) is 0 Å². The number of aromatic nitrogens is 1. The molecule has 3 nitrogen and oxygen atoms in total. The van der Waals surface area contributed by atoms with Crippen LogP contribution >= 0.6 is 11.6 Å². The van der Waals surface area contributed by atoms with Gasteiger partial charge in [-0.3, -0.25) is 4.79 Å². The Morgan fingerprint density at radius 1 is 1.50 bits per heavy atom. The van der Waals surface area contributed by atoms with Crippen LogP contribution in [0.1, 0.15) is 11.3 Å². The number of rotatable bonds is 0. The zero-order chi connectivity index (χ0) is 12.3. The van der Waals surface area contributed by atoms with Crippen LogP contribution in [0, 0.1) is 11.8 Å². The molecular formula is C9H4ClF3N2O. The molecule has 0 radical (unpaired) electrons. The Hall–Kier alpha value is -1.74. The molecule has 1 heterocycles. The van der Waals surface area contributed by atoms with Crippen molar-refractivity contribution < 1.29 is 18.0 Å². The van der Waals surface area contributed by atoms with Crippen LogP contribution in [0.15, 0.2) is 12.3 Å². The van der Waals surface area contributed by atoms with E-state index in [4.69, 9.17) is 17.3 Å². The van der Waals surface area contributed by atoms with E-state index in [-0.39, 0.29) is 10.7 Å². The standard InChI is InChI=1S/C9H4ClF3N2O/c10-6-3-5(9(11,12)13)4-15-7(6)1-2-8(14)16/h3-4H,(H2,14,16). The van der Waals surface area contributed by atoms with Gasteiger partial charge in [0.15, 0.2) is 0 Å². The summed E-state index contributed by atoms with van der Waals surface area (Å²) in [6.07, 6.45) is -3.94. The molecule has 1 rings (SSSR count). The maximum atomic E-state index is 12.2. The summed E-state index contributed by atoms with van der Waals surface area (Å²) in [5, 5.41) is -0.288. The van der Waals surface area contributed by atoms with Crippen molar-refractivity contribution in [2.45, 2.75) is 6.18 Å². The fourth-order valence-corrected chi connectivity index (χ4v) is 1.02. The number of carbonyl (C=O) groups is 1. The Bertz CT molecular complexity index is 488. The fraction of sp³-hybridized carbons (Fsp3) is 0.111. The SMILES string of the molecule is NC(=O)C#Cc1ncc(C(F)(F)F)cc1Cl. The van der Waals surface area contributed by atoms with Crippen molar-refractivity contribution in [3.63, 3.8) is 0 Å². The summed E-state index contributed by atoms with van der Waals surface area (Å²) in [6, 6.07) is 0.680. The molecule has 0 bridgehead atoms. The van der Waals surface area contributed by atoms with Gasteiger partial charge < -0.3 is 5.73 Å². The van der Waals surface area contributed by atoms with Gasteiger partial charge in [0.05, 0.1) is 10.6 Å². The molecule has 16 heavy (non-hydrogen) atoms. The Labute approximate surface area is 93.4 Å². The van der Waals surface area contributed by atoms with Gasteiger partial charge in [-0.05, 0) is 12.0 Å². The highest BCUT2D eigenvalue weighted by atomic mass is 35.5. The molecule has 1 aromatic rings. The molecule has 0 aliphatic carbocycles. The Morgan fingerprint density at radius 2 is 2.12 bits per heavy atom. The van der Waals surface area contributed by atoms with Gasteiger partial charge in [-0.25, -0.2) is 4.98 Å². The van der Waals surface area contributed by atoms with E-state index >= 15 is 0 Å². The van der Waals surface area contributed by atoms with E-state index in [2.05, 4.69) is 10.9 Å². The minimum absolute atomic E-state index is 0.131. The normalized spacial score (nSPS) is 10.5. The predicted molar refractivity (Wildman–Crippen MR) is 50.3 cm³/mol. The van der Waals surface area contributed by atoms with E-state index in [1.807, 2.05) is 5.92 Å². The monoisotopic (exact) mass is 248 g/mol. The van der Waals surface area contributed by atoms with Crippen LogP contribution in [0.4, 0.5) is 13.2 Å².